The van der Waals surface area contributed by atoms with Crippen molar-refractivity contribution < 1.29 is 5.11 Å². The molecule has 0 amide bonds. The Kier molecular flexibility index (Phi) is 4.64. The monoisotopic (exact) mass is 261 g/mol. The van der Waals surface area contributed by atoms with Crippen molar-refractivity contribution >= 4 is 0 Å². The molecule has 1 aromatic rings. The Morgan fingerprint density at radius 3 is 2.84 bits per heavy atom. The number of hydrogen-bond acceptors (Lipinski definition) is 2. The molecule has 1 aliphatic rings. The zero-order chi connectivity index (χ0) is 13.9. The maximum Gasteiger partial charge on any atom is 0.0613 e. The molecular weight excluding hydrogens is 234 g/mol. The van der Waals surface area contributed by atoms with Crippen LogP contribution in [0.1, 0.15) is 49.3 Å². The van der Waals surface area contributed by atoms with E-state index in [0.717, 1.165) is 19.4 Å². The molecule has 19 heavy (non-hydrogen) atoms. The van der Waals surface area contributed by atoms with Crippen molar-refractivity contribution in [1.82, 2.24) is 5.32 Å². The molecular formula is C17H27NO. The van der Waals surface area contributed by atoms with Crippen LogP contribution in [0, 0.1) is 19.8 Å². The van der Waals surface area contributed by atoms with Gasteiger partial charge in [0, 0.05) is 12.1 Å². The smallest absolute Gasteiger partial charge is 0.0613 e. The largest absolute Gasteiger partial charge is 0.394 e. The first-order valence-corrected chi connectivity index (χ1v) is 7.47. The summed E-state index contributed by atoms with van der Waals surface area (Å²) in [7, 11) is 0. The molecule has 0 spiro atoms. The Morgan fingerprint density at radius 2 is 2.16 bits per heavy atom. The lowest BCUT2D eigenvalue weighted by Gasteiger charge is -2.39. The molecule has 2 N–H and O–H groups in total. The number of benzene rings is 1. The predicted octanol–water partition coefficient (Wildman–Crippen LogP) is 3.33. The molecule has 2 atom stereocenters. The maximum atomic E-state index is 9.80. The van der Waals surface area contributed by atoms with Crippen LogP contribution in [0.15, 0.2) is 18.2 Å². The summed E-state index contributed by atoms with van der Waals surface area (Å²) >= 11 is 0. The van der Waals surface area contributed by atoms with Gasteiger partial charge >= 0.3 is 0 Å². The van der Waals surface area contributed by atoms with Crippen LogP contribution in [-0.4, -0.2) is 17.3 Å². The highest BCUT2D eigenvalue weighted by atomic mass is 16.3. The van der Waals surface area contributed by atoms with Crippen LogP contribution in [0.2, 0.25) is 0 Å². The minimum Gasteiger partial charge on any atom is -0.394 e. The van der Waals surface area contributed by atoms with Gasteiger partial charge in [-0.2, -0.15) is 0 Å². The van der Waals surface area contributed by atoms with Crippen LogP contribution in [-0.2, 0) is 6.54 Å². The molecule has 2 nitrogen and oxygen atoms in total. The third kappa shape index (κ3) is 3.58. The molecule has 2 heteroatoms. The zero-order valence-corrected chi connectivity index (χ0v) is 12.5. The van der Waals surface area contributed by atoms with E-state index in [4.69, 9.17) is 0 Å². The first kappa shape index (κ1) is 14.5. The van der Waals surface area contributed by atoms with Gasteiger partial charge in [-0.05, 0) is 43.7 Å². The quantitative estimate of drug-likeness (QED) is 0.871. The fourth-order valence-corrected chi connectivity index (χ4v) is 3.29. The van der Waals surface area contributed by atoms with E-state index in [0.29, 0.717) is 5.92 Å². The fourth-order valence-electron chi connectivity index (χ4n) is 3.29. The molecule has 2 rings (SSSR count). The van der Waals surface area contributed by atoms with E-state index in [-0.39, 0.29) is 12.1 Å². The van der Waals surface area contributed by atoms with E-state index in [2.05, 4.69) is 44.3 Å². The second kappa shape index (κ2) is 6.06. The van der Waals surface area contributed by atoms with Gasteiger partial charge in [-0.3, -0.25) is 0 Å². The van der Waals surface area contributed by atoms with Gasteiger partial charge in [-0.1, -0.05) is 43.5 Å². The number of nitrogens with one attached hydrogen (secondary N) is 1. The van der Waals surface area contributed by atoms with E-state index in [1.54, 1.807) is 0 Å². The molecule has 2 unspecified atom stereocenters. The second-order valence-corrected chi connectivity index (χ2v) is 6.42. The summed E-state index contributed by atoms with van der Waals surface area (Å²) in [6.45, 7) is 7.70. The first-order valence-electron chi connectivity index (χ1n) is 7.47. The molecule has 0 saturated heterocycles. The Bertz CT molecular complexity index is 429. The molecule has 0 aromatic heterocycles. The van der Waals surface area contributed by atoms with Crippen LogP contribution in [0.4, 0.5) is 0 Å². The summed E-state index contributed by atoms with van der Waals surface area (Å²) in [5, 5.41) is 13.4. The number of hydrogen-bond donors (Lipinski definition) is 2. The van der Waals surface area contributed by atoms with Crippen molar-refractivity contribution in [3.63, 3.8) is 0 Å². The standard InChI is InChI=1S/C17H27NO/c1-13-6-7-15(3)16(9-13)11-18-17(12-19)8-4-5-14(2)10-17/h6-7,9,14,18-19H,4-5,8,10-12H2,1-3H3. The Morgan fingerprint density at radius 1 is 1.37 bits per heavy atom. The SMILES string of the molecule is Cc1ccc(C)c(CNC2(CO)CCCC(C)C2)c1. The third-order valence-corrected chi connectivity index (χ3v) is 4.55. The van der Waals surface area contributed by atoms with Crippen molar-refractivity contribution in [3.05, 3.63) is 34.9 Å². The molecule has 0 radical (unpaired) electrons. The van der Waals surface area contributed by atoms with Crippen LogP contribution in [0.5, 0.6) is 0 Å². The average Bonchev–Trinajstić information content (AvgIpc) is 2.40. The Balaban J connectivity index is 2.05. The van der Waals surface area contributed by atoms with Gasteiger partial charge in [-0.25, -0.2) is 0 Å². The molecule has 0 bridgehead atoms. The minimum atomic E-state index is -0.0617. The summed E-state index contributed by atoms with van der Waals surface area (Å²) in [6.07, 6.45) is 4.71. The highest BCUT2D eigenvalue weighted by Gasteiger charge is 2.33. The number of aliphatic hydroxyl groups is 1. The molecule has 1 aromatic carbocycles. The van der Waals surface area contributed by atoms with Crippen molar-refractivity contribution in [2.75, 3.05) is 6.61 Å². The molecule has 0 heterocycles. The van der Waals surface area contributed by atoms with E-state index in [9.17, 15) is 5.11 Å². The Hall–Kier alpha value is -0.860. The summed E-state index contributed by atoms with van der Waals surface area (Å²) < 4.78 is 0. The van der Waals surface area contributed by atoms with Crippen LogP contribution in [0.25, 0.3) is 0 Å². The van der Waals surface area contributed by atoms with E-state index in [1.807, 2.05) is 0 Å². The summed E-state index contributed by atoms with van der Waals surface area (Å²) in [6, 6.07) is 6.59. The normalized spacial score (nSPS) is 27.5. The lowest BCUT2D eigenvalue weighted by Crippen LogP contribution is -2.51. The highest BCUT2D eigenvalue weighted by Crippen LogP contribution is 2.32. The van der Waals surface area contributed by atoms with Crippen LogP contribution in [0.3, 0.4) is 0 Å². The van der Waals surface area contributed by atoms with Crippen LogP contribution >= 0.6 is 0 Å². The maximum absolute atomic E-state index is 9.80. The highest BCUT2D eigenvalue weighted by molar-refractivity contribution is 5.30. The fraction of sp³-hybridized carbons (Fsp3) is 0.647. The summed E-state index contributed by atoms with van der Waals surface area (Å²) in [5.74, 6) is 0.715. The lowest BCUT2D eigenvalue weighted by molar-refractivity contribution is 0.0982. The zero-order valence-electron chi connectivity index (χ0n) is 12.5. The third-order valence-electron chi connectivity index (χ3n) is 4.55. The summed E-state index contributed by atoms with van der Waals surface area (Å²) in [5.41, 5.74) is 3.92. The average molecular weight is 261 g/mol. The molecule has 1 fully saturated rings. The molecule has 1 saturated carbocycles. The number of aliphatic hydroxyl groups excluding tert-OH is 1. The van der Waals surface area contributed by atoms with Gasteiger partial charge in [0.1, 0.15) is 0 Å². The van der Waals surface area contributed by atoms with Crippen LogP contribution < -0.4 is 5.32 Å². The van der Waals surface area contributed by atoms with Gasteiger partial charge < -0.3 is 10.4 Å². The predicted molar refractivity (Wildman–Crippen MR) is 80.2 cm³/mol. The van der Waals surface area contributed by atoms with Crippen molar-refractivity contribution in [1.29, 1.82) is 0 Å². The van der Waals surface area contributed by atoms with Gasteiger partial charge in [-0.15, -0.1) is 0 Å². The van der Waals surface area contributed by atoms with Crippen molar-refractivity contribution in [2.24, 2.45) is 5.92 Å². The minimum absolute atomic E-state index is 0.0617. The van der Waals surface area contributed by atoms with Gasteiger partial charge in [0.2, 0.25) is 0 Å². The Labute approximate surface area is 117 Å². The van der Waals surface area contributed by atoms with Gasteiger partial charge in [0.25, 0.3) is 0 Å². The van der Waals surface area contributed by atoms with E-state index < -0.39 is 0 Å². The molecule has 1 aliphatic carbocycles. The van der Waals surface area contributed by atoms with Crippen molar-refractivity contribution in [3.8, 4) is 0 Å². The second-order valence-electron chi connectivity index (χ2n) is 6.42. The summed E-state index contributed by atoms with van der Waals surface area (Å²) in [4.78, 5) is 0. The topological polar surface area (TPSA) is 32.3 Å². The first-order chi connectivity index (χ1) is 9.04. The molecule has 0 aliphatic heterocycles. The van der Waals surface area contributed by atoms with E-state index in [1.165, 1.54) is 29.5 Å². The number of rotatable bonds is 4. The van der Waals surface area contributed by atoms with Crippen molar-refractivity contribution in [2.45, 2.75) is 58.5 Å². The molecule has 106 valence electrons. The van der Waals surface area contributed by atoms with Gasteiger partial charge in [0.05, 0.1) is 6.61 Å². The van der Waals surface area contributed by atoms with Gasteiger partial charge in [0.15, 0.2) is 0 Å². The van der Waals surface area contributed by atoms with E-state index >= 15 is 0 Å². The lowest BCUT2D eigenvalue weighted by atomic mass is 9.76. The number of aryl methyl sites for hydroxylation is 2.